The maximum Gasteiger partial charge on any atom is 0.126 e. The van der Waals surface area contributed by atoms with Crippen LogP contribution in [0.3, 0.4) is 0 Å². The third kappa shape index (κ3) is 4.12. The summed E-state index contributed by atoms with van der Waals surface area (Å²) >= 11 is 11.0. The number of thiocarbonyl (C=S) groups is 1. The van der Waals surface area contributed by atoms with Gasteiger partial charge in [0.15, 0.2) is 0 Å². The second-order valence-corrected chi connectivity index (χ2v) is 5.33. The Balaban J connectivity index is 2.07. The van der Waals surface area contributed by atoms with Gasteiger partial charge in [0, 0.05) is 18.3 Å². The van der Waals surface area contributed by atoms with Gasteiger partial charge in [-0.25, -0.2) is 8.78 Å². The van der Waals surface area contributed by atoms with Crippen molar-refractivity contribution < 1.29 is 8.78 Å². The summed E-state index contributed by atoms with van der Waals surface area (Å²) in [5.74, 6) is -1.17. The number of benzene rings is 2. The van der Waals surface area contributed by atoms with Crippen molar-refractivity contribution in [1.82, 2.24) is 0 Å². The van der Waals surface area contributed by atoms with Crippen molar-refractivity contribution in [3.05, 3.63) is 64.2 Å². The fourth-order valence-electron chi connectivity index (χ4n) is 2.02. The van der Waals surface area contributed by atoms with Crippen LogP contribution < -0.4 is 11.1 Å². The van der Waals surface area contributed by atoms with Gasteiger partial charge in [-0.05, 0) is 36.2 Å². The molecule has 0 radical (unpaired) electrons. The number of nitrogens with two attached hydrogens (primary N) is 1. The molecule has 3 N–H and O–H groups in total. The predicted octanol–water partition coefficient (Wildman–Crippen LogP) is 3.91. The van der Waals surface area contributed by atoms with E-state index in [1.54, 1.807) is 18.2 Å². The number of anilines is 1. The monoisotopic (exact) mass is 326 g/mol. The summed E-state index contributed by atoms with van der Waals surface area (Å²) in [5.41, 5.74) is 7.48. The third-order valence-corrected chi connectivity index (χ3v) is 3.43. The molecule has 2 nitrogen and oxygen atoms in total. The van der Waals surface area contributed by atoms with E-state index in [0.29, 0.717) is 34.8 Å². The van der Waals surface area contributed by atoms with Crippen LogP contribution >= 0.6 is 23.8 Å². The van der Waals surface area contributed by atoms with Gasteiger partial charge < -0.3 is 11.1 Å². The van der Waals surface area contributed by atoms with E-state index in [1.807, 2.05) is 0 Å². The summed E-state index contributed by atoms with van der Waals surface area (Å²) in [5, 5.41) is 3.59. The van der Waals surface area contributed by atoms with E-state index in [2.05, 4.69) is 5.32 Å². The molecule has 0 aliphatic heterocycles. The molecule has 0 saturated heterocycles. The van der Waals surface area contributed by atoms with Crippen molar-refractivity contribution in [2.24, 2.45) is 5.73 Å². The molecule has 0 saturated carbocycles. The van der Waals surface area contributed by atoms with E-state index in [9.17, 15) is 8.78 Å². The molecule has 2 aromatic carbocycles. The second-order valence-electron chi connectivity index (χ2n) is 4.48. The second kappa shape index (κ2) is 6.83. The first-order chi connectivity index (χ1) is 9.97. The molecular weight excluding hydrogens is 314 g/mol. The Kier molecular flexibility index (Phi) is 5.09. The molecule has 0 bridgehead atoms. The molecule has 0 aliphatic carbocycles. The van der Waals surface area contributed by atoms with Crippen LogP contribution in [0.15, 0.2) is 36.4 Å². The van der Waals surface area contributed by atoms with Gasteiger partial charge in [-0.2, -0.15) is 0 Å². The molecule has 0 fully saturated rings. The highest BCUT2D eigenvalue weighted by molar-refractivity contribution is 7.80. The molecule has 0 aromatic heterocycles. The van der Waals surface area contributed by atoms with E-state index >= 15 is 0 Å². The smallest absolute Gasteiger partial charge is 0.126 e. The van der Waals surface area contributed by atoms with E-state index < -0.39 is 11.6 Å². The Bertz CT molecular complexity index is 656. The fraction of sp³-hybridized carbons (Fsp3) is 0.133. The Morgan fingerprint density at radius 3 is 2.48 bits per heavy atom. The van der Waals surface area contributed by atoms with E-state index in [1.165, 1.54) is 12.1 Å². The molecule has 0 atom stereocenters. The van der Waals surface area contributed by atoms with Gasteiger partial charge in [0.1, 0.15) is 16.6 Å². The summed E-state index contributed by atoms with van der Waals surface area (Å²) in [4.78, 5) is 0.194. The molecule has 21 heavy (non-hydrogen) atoms. The number of hydrogen-bond donors (Lipinski definition) is 2. The van der Waals surface area contributed by atoms with Crippen molar-refractivity contribution >= 4 is 34.5 Å². The highest BCUT2D eigenvalue weighted by atomic mass is 35.5. The molecule has 0 amide bonds. The maximum atomic E-state index is 13.1. The van der Waals surface area contributed by atoms with Crippen LogP contribution in [0.2, 0.25) is 5.02 Å². The number of nitrogens with one attached hydrogen (secondary N) is 1. The maximum absolute atomic E-state index is 13.1. The molecule has 0 heterocycles. The highest BCUT2D eigenvalue weighted by Gasteiger charge is 2.09. The first kappa shape index (κ1) is 15.7. The van der Waals surface area contributed by atoms with Crippen LogP contribution in [0.25, 0.3) is 0 Å². The van der Waals surface area contributed by atoms with Crippen LogP contribution in [0.1, 0.15) is 11.1 Å². The summed E-state index contributed by atoms with van der Waals surface area (Å²) in [6.45, 7) is 0.471. The van der Waals surface area contributed by atoms with Crippen LogP contribution in [-0.4, -0.2) is 11.5 Å². The van der Waals surface area contributed by atoms with Crippen LogP contribution in [-0.2, 0) is 6.42 Å². The normalized spacial score (nSPS) is 10.4. The van der Waals surface area contributed by atoms with Crippen molar-refractivity contribution in [2.45, 2.75) is 6.42 Å². The van der Waals surface area contributed by atoms with Crippen LogP contribution in [0.4, 0.5) is 14.5 Å². The van der Waals surface area contributed by atoms with E-state index in [4.69, 9.17) is 29.6 Å². The van der Waals surface area contributed by atoms with Crippen molar-refractivity contribution in [3.63, 3.8) is 0 Å². The van der Waals surface area contributed by atoms with Crippen LogP contribution in [0, 0.1) is 11.6 Å². The average Bonchev–Trinajstić information content (AvgIpc) is 2.37. The topological polar surface area (TPSA) is 38.0 Å². The summed E-state index contributed by atoms with van der Waals surface area (Å²) in [6.07, 6.45) is 0.456. The first-order valence-electron chi connectivity index (χ1n) is 6.24. The lowest BCUT2D eigenvalue weighted by atomic mass is 10.1. The fourth-order valence-corrected chi connectivity index (χ4v) is 2.57. The Morgan fingerprint density at radius 2 is 1.86 bits per heavy atom. The summed E-state index contributed by atoms with van der Waals surface area (Å²) in [7, 11) is 0. The molecule has 6 heteroatoms. The quantitative estimate of drug-likeness (QED) is 0.818. The Labute approximate surface area is 131 Å². The molecular formula is C15H13ClF2N2S. The highest BCUT2D eigenvalue weighted by Crippen LogP contribution is 2.24. The third-order valence-electron chi connectivity index (χ3n) is 2.91. The minimum atomic E-state index is -0.586. The minimum absolute atomic E-state index is 0.194. The molecule has 2 rings (SSSR count). The van der Waals surface area contributed by atoms with Gasteiger partial charge in [0.05, 0.1) is 10.6 Å². The molecule has 0 aliphatic rings. The van der Waals surface area contributed by atoms with Gasteiger partial charge in [-0.1, -0.05) is 29.9 Å². The molecule has 110 valence electrons. The Hall–Kier alpha value is -1.72. The van der Waals surface area contributed by atoms with Crippen molar-refractivity contribution in [1.29, 1.82) is 0 Å². The zero-order valence-corrected chi connectivity index (χ0v) is 12.6. The number of halogens is 3. The molecule has 0 spiro atoms. The Morgan fingerprint density at radius 1 is 1.19 bits per heavy atom. The summed E-state index contributed by atoms with van der Waals surface area (Å²) in [6, 6.07) is 8.72. The molecule has 2 aromatic rings. The lowest BCUT2D eigenvalue weighted by Gasteiger charge is -2.12. The summed E-state index contributed by atoms with van der Waals surface area (Å²) < 4.78 is 26.2. The largest absolute Gasteiger partial charge is 0.389 e. The van der Waals surface area contributed by atoms with Gasteiger partial charge in [-0.3, -0.25) is 0 Å². The van der Waals surface area contributed by atoms with Gasteiger partial charge in [-0.15, -0.1) is 0 Å². The molecule has 0 unspecified atom stereocenters. The standard InChI is InChI=1S/C15H13ClF2N2S/c16-12-2-1-3-13(14(12)15(19)21)20-5-4-9-6-10(17)8-11(18)7-9/h1-3,6-8,20H,4-5H2,(H2,19,21). The zero-order valence-electron chi connectivity index (χ0n) is 11.0. The van der Waals surface area contributed by atoms with Crippen LogP contribution in [0.5, 0.6) is 0 Å². The van der Waals surface area contributed by atoms with Gasteiger partial charge >= 0.3 is 0 Å². The minimum Gasteiger partial charge on any atom is -0.389 e. The number of rotatable bonds is 5. The zero-order chi connectivity index (χ0) is 15.4. The SMILES string of the molecule is NC(=S)c1c(Cl)cccc1NCCc1cc(F)cc(F)c1. The number of hydrogen-bond acceptors (Lipinski definition) is 2. The van der Waals surface area contributed by atoms with Gasteiger partial charge in [0.25, 0.3) is 0 Å². The van der Waals surface area contributed by atoms with E-state index in [0.717, 1.165) is 6.07 Å². The average molecular weight is 327 g/mol. The van der Waals surface area contributed by atoms with Crippen molar-refractivity contribution in [3.8, 4) is 0 Å². The van der Waals surface area contributed by atoms with Gasteiger partial charge in [0.2, 0.25) is 0 Å². The van der Waals surface area contributed by atoms with E-state index in [-0.39, 0.29) is 4.99 Å². The predicted molar refractivity (Wildman–Crippen MR) is 85.9 cm³/mol. The first-order valence-corrected chi connectivity index (χ1v) is 7.03. The van der Waals surface area contributed by atoms with Crippen molar-refractivity contribution in [2.75, 3.05) is 11.9 Å². The lowest BCUT2D eigenvalue weighted by Crippen LogP contribution is -2.15. The lowest BCUT2D eigenvalue weighted by molar-refractivity contribution is 0.580.